The van der Waals surface area contributed by atoms with Gasteiger partial charge in [0.15, 0.2) is 0 Å². The number of hydrogen-bond acceptors (Lipinski definition) is 4. The van der Waals surface area contributed by atoms with Crippen molar-refractivity contribution in [2.45, 2.75) is 19.4 Å². The number of aromatic nitrogens is 2. The monoisotopic (exact) mass is 389 g/mol. The van der Waals surface area contributed by atoms with E-state index in [2.05, 4.69) is 15.5 Å². The maximum atomic E-state index is 12.9. The molecule has 0 saturated carbocycles. The molecule has 7 nitrogen and oxygen atoms in total. The molecule has 4 aromatic rings. The summed E-state index contributed by atoms with van der Waals surface area (Å²) in [4.78, 5) is 27.9. The highest BCUT2D eigenvalue weighted by Gasteiger charge is 2.27. The summed E-state index contributed by atoms with van der Waals surface area (Å²) in [6, 6.07) is 15.7. The minimum absolute atomic E-state index is 0.149. The summed E-state index contributed by atoms with van der Waals surface area (Å²) in [6.45, 7) is 1.63. The van der Waals surface area contributed by atoms with Gasteiger partial charge < -0.3 is 19.9 Å². The zero-order valence-electron chi connectivity index (χ0n) is 15.7. The molecule has 146 valence electrons. The van der Waals surface area contributed by atoms with Gasteiger partial charge in [0.1, 0.15) is 23.1 Å². The average molecular weight is 389 g/mol. The number of carboxylic acids is 1. The van der Waals surface area contributed by atoms with E-state index in [1.54, 1.807) is 13.1 Å². The van der Waals surface area contributed by atoms with Crippen molar-refractivity contribution in [2.24, 2.45) is 0 Å². The second-order valence-electron chi connectivity index (χ2n) is 6.76. The fourth-order valence-corrected chi connectivity index (χ4v) is 3.38. The van der Waals surface area contributed by atoms with Gasteiger partial charge >= 0.3 is 5.97 Å². The van der Waals surface area contributed by atoms with Gasteiger partial charge in [-0.3, -0.25) is 4.79 Å². The van der Waals surface area contributed by atoms with E-state index in [9.17, 15) is 14.7 Å². The third-order valence-electron chi connectivity index (χ3n) is 4.84. The first-order valence-corrected chi connectivity index (χ1v) is 9.15. The summed E-state index contributed by atoms with van der Waals surface area (Å²) < 4.78 is 5.21. The lowest BCUT2D eigenvalue weighted by Gasteiger charge is -2.14. The molecule has 0 aliphatic rings. The number of hydrogen-bond donors (Lipinski definition) is 3. The van der Waals surface area contributed by atoms with Crippen LogP contribution in [0.3, 0.4) is 0 Å². The minimum Gasteiger partial charge on any atom is -0.480 e. The smallest absolute Gasteiger partial charge is 0.326 e. The highest BCUT2D eigenvalue weighted by Crippen LogP contribution is 2.25. The molecule has 0 bridgehead atoms. The van der Waals surface area contributed by atoms with Gasteiger partial charge in [-0.25, -0.2) is 4.79 Å². The molecule has 2 aromatic heterocycles. The van der Waals surface area contributed by atoms with Crippen LogP contribution >= 0.6 is 0 Å². The van der Waals surface area contributed by atoms with Crippen LogP contribution in [0.15, 0.2) is 65.3 Å². The molecule has 1 atom stereocenters. The number of carboxylic acid groups (broad SMARTS) is 1. The molecule has 0 aliphatic carbocycles. The average Bonchev–Trinajstić information content (AvgIpc) is 3.31. The van der Waals surface area contributed by atoms with E-state index in [4.69, 9.17) is 4.52 Å². The number of carbonyl (C=O) groups is 2. The normalized spacial score (nSPS) is 12.0. The molecule has 0 radical (unpaired) electrons. The van der Waals surface area contributed by atoms with Crippen LogP contribution < -0.4 is 5.32 Å². The Balaban J connectivity index is 1.61. The van der Waals surface area contributed by atoms with E-state index in [1.807, 2.05) is 54.6 Å². The number of fused-ring (bicyclic) bond motifs is 1. The Labute approximate surface area is 166 Å². The van der Waals surface area contributed by atoms with Crippen LogP contribution in [0.1, 0.15) is 21.7 Å². The molecule has 2 heterocycles. The molecule has 1 amide bonds. The van der Waals surface area contributed by atoms with Gasteiger partial charge in [-0.05, 0) is 18.6 Å². The van der Waals surface area contributed by atoms with E-state index in [0.717, 1.165) is 22.0 Å². The topological polar surface area (TPSA) is 108 Å². The number of aliphatic carboxylic acids is 1. The summed E-state index contributed by atoms with van der Waals surface area (Å²) in [7, 11) is 0. The quantitative estimate of drug-likeness (QED) is 0.467. The summed E-state index contributed by atoms with van der Waals surface area (Å²) in [5, 5.41) is 17.2. The number of nitrogens with zero attached hydrogens (tertiary/aromatic N) is 1. The van der Waals surface area contributed by atoms with Gasteiger partial charge in [-0.2, -0.15) is 0 Å². The number of aromatic amines is 1. The number of rotatable bonds is 6. The molecule has 0 fully saturated rings. The van der Waals surface area contributed by atoms with Crippen LogP contribution in [0.2, 0.25) is 0 Å². The molecule has 4 rings (SSSR count). The van der Waals surface area contributed by atoms with Crippen LogP contribution in [-0.2, 0) is 11.2 Å². The lowest BCUT2D eigenvalue weighted by molar-refractivity contribution is -0.139. The molecule has 3 N–H and O–H groups in total. The number of benzene rings is 2. The number of H-pyrrole nitrogens is 1. The van der Waals surface area contributed by atoms with E-state index in [1.165, 1.54) is 0 Å². The number of aryl methyl sites for hydroxylation is 1. The van der Waals surface area contributed by atoms with Crippen molar-refractivity contribution in [3.8, 4) is 11.3 Å². The molecule has 7 heteroatoms. The number of carbonyl (C=O) groups excluding carboxylic acids is 1. The van der Waals surface area contributed by atoms with Crippen LogP contribution in [0.25, 0.3) is 22.2 Å². The molecule has 2 aromatic carbocycles. The zero-order chi connectivity index (χ0) is 20.4. The van der Waals surface area contributed by atoms with Crippen molar-refractivity contribution in [3.05, 3.63) is 77.7 Å². The summed E-state index contributed by atoms with van der Waals surface area (Å²) in [5.41, 5.74) is 3.08. The van der Waals surface area contributed by atoms with Crippen molar-refractivity contribution >= 4 is 22.8 Å². The lowest BCUT2D eigenvalue weighted by atomic mass is 10.0. The van der Waals surface area contributed by atoms with E-state index >= 15 is 0 Å². The maximum Gasteiger partial charge on any atom is 0.326 e. The SMILES string of the molecule is Cc1onc(-c2ccccc2)c1C(=O)NC(Cc1c[nH]c2ccccc12)C(=O)O. The van der Waals surface area contributed by atoms with Crippen LogP contribution in [-0.4, -0.2) is 33.2 Å². The zero-order valence-corrected chi connectivity index (χ0v) is 15.7. The van der Waals surface area contributed by atoms with Gasteiger partial charge in [0.25, 0.3) is 5.91 Å². The van der Waals surface area contributed by atoms with Gasteiger partial charge in [-0.15, -0.1) is 0 Å². The van der Waals surface area contributed by atoms with E-state index < -0.39 is 17.9 Å². The largest absolute Gasteiger partial charge is 0.480 e. The van der Waals surface area contributed by atoms with Crippen molar-refractivity contribution in [1.29, 1.82) is 0 Å². The second-order valence-corrected chi connectivity index (χ2v) is 6.76. The van der Waals surface area contributed by atoms with Crippen molar-refractivity contribution in [2.75, 3.05) is 0 Å². The summed E-state index contributed by atoms with van der Waals surface area (Å²) >= 11 is 0. The molecule has 0 spiro atoms. The number of amides is 1. The predicted molar refractivity (Wildman–Crippen MR) is 108 cm³/mol. The molecule has 29 heavy (non-hydrogen) atoms. The van der Waals surface area contributed by atoms with Gasteiger partial charge in [0.2, 0.25) is 0 Å². The number of para-hydroxylation sites is 1. The fourth-order valence-electron chi connectivity index (χ4n) is 3.38. The first-order valence-electron chi connectivity index (χ1n) is 9.15. The maximum absolute atomic E-state index is 12.9. The van der Waals surface area contributed by atoms with Crippen LogP contribution in [0.5, 0.6) is 0 Å². The Kier molecular flexibility index (Phi) is 4.87. The molecule has 0 aliphatic heterocycles. The van der Waals surface area contributed by atoms with Crippen molar-refractivity contribution < 1.29 is 19.2 Å². The molecule has 0 saturated heterocycles. The van der Waals surface area contributed by atoms with E-state index in [-0.39, 0.29) is 12.0 Å². The molecule has 1 unspecified atom stereocenters. The van der Waals surface area contributed by atoms with Crippen molar-refractivity contribution in [1.82, 2.24) is 15.5 Å². The predicted octanol–water partition coefficient (Wildman–Crippen LogP) is 3.56. The van der Waals surface area contributed by atoms with Crippen LogP contribution in [0.4, 0.5) is 0 Å². The van der Waals surface area contributed by atoms with Gasteiger partial charge in [0.05, 0.1) is 0 Å². The summed E-state index contributed by atoms with van der Waals surface area (Å²) in [5.74, 6) is -1.31. The van der Waals surface area contributed by atoms with Gasteiger partial charge in [0, 0.05) is 29.1 Å². The Morgan fingerprint density at radius 2 is 1.86 bits per heavy atom. The third-order valence-corrected chi connectivity index (χ3v) is 4.84. The first-order chi connectivity index (χ1) is 14.0. The Morgan fingerprint density at radius 3 is 2.62 bits per heavy atom. The Bertz CT molecular complexity index is 1180. The summed E-state index contributed by atoms with van der Waals surface area (Å²) in [6.07, 6.45) is 1.92. The van der Waals surface area contributed by atoms with Crippen molar-refractivity contribution in [3.63, 3.8) is 0 Å². The Hall–Kier alpha value is -3.87. The fraction of sp³-hybridized carbons (Fsp3) is 0.136. The lowest BCUT2D eigenvalue weighted by Crippen LogP contribution is -2.42. The minimum atomic E-state index is -1.11. The van der Waals surface area contributed by atoms with Crippen LogP contribution in [0, 0.1) is 6.92 Å². The third kappa shape index (κ3) is 3.62. The number of nitrogens with one attached hydrogen (secondary N) is 2. The van der Waals surface area contributed by atoms with E-state index in [0.29, 0.717) is 11.5 Å². The second kappa shape index (κ2) is 7.63. The highest BCUT2D eigenvalue weighted by atomic mass is 16.5. The molecular weight excluding hydrogens is 370 g/mol. The highest BCUT2D eigenvalue weighted by molar-refractivity contribution is 6.02. The first kappa shape index (κ1) is 18.5. The molecular formula is C22H19N3O4. The van der Waals surface area contributed by atoms with Gasteiger partial charge in [-0.1, -0.05) is 53.7 Å². The Morgan fingerprint density at radius 1 is 1.14 bits per heavy atom. The standard InChI is InChI=1S/C22H19N3O4/c1-13-19(20(25-29-13)14-7-3-2-4-8-14)21(26)24-18(22(27)28)11-15-12-23-17-10-6-5-9-16(15)17/h2-10,12,18,23H,11H2,1H3,(H,24,26)(H,27,28).